The van der Waals surface area contributed by atoms with Gasteiger partial charge < -0.3 is 9.47 Å². The molecule has 0 unspecified atom stereocenters. The maximum atomic E-state index is 13.1. The second-order valence-corrected chi connectivity index (χ2v) is 5.97. The van der Waals surface area contributed by atoms with Gasteiger partial charge in [0.1, 0.15) is 0 Å². The highest BCUT2D eigenvalue weighted by Crippen LogP contribution is 2.33. The second-order valence-electron chi connectivity index (χ2n) is 5.97. The number of carbonyl (C=O) groups excluding carboxylic acids is 2. The molecule has 0 aliphatic heterocycles. The van der Waals surface area contributed by atoms with E-state index in [2.05, 4.69) is 0 Å². The molecule has 4 heteroatoms. The first kappa shape index (κ1) is 17.0. The van der Waals surface area contributed by atoms with Crippen LogP contribution in [0.4, 0.5) is 0 Å². The molecule has 3 aromatic rings. The van der Waals surface area contributed by atoms with E-state index in [4.69, 9.17) is 0 Å². The molecule has 0 saturated carbocycles. The van der Waals surface area contributed by atoms with Gasteiger partial charge in [0.05, 0.1) is 11.3 Å². The second kappa shape index (κ2) is 6.93. The molecule has 0 N–H and O–H groups in total. The van der Waals surface area contributed by atoms with Crippen molar-refractivity contribution in [2.24, 2.45) is 7.05 Å². The molecule has 1 amide bonds. The Bertz CT molecular complexity index is 922. The number of likely N-dealkylation sites (N-methyl/N-ethyl adjacent to an activating group) is 1. The number of para-hydroxylation sites is 1. The normalized spacial score (nSPS) is 10.8. The van der Waals surface area contributed by atoms with Gasteiger partial charge in [-0.3, -0.25) is 9.59 Å². The van der Waals surface area contributed by atoms with Crippen molar-refractivity contribution in [1.29, 1.82) is 0 Å². The molecule has 0 fully saturated rings. The van der Waals surface area contributed by atoms with Crippen molar-refractivity contribution in [2.45, 2.75) is 13.8 Å². The lowest BCUT2D eigenvalue weighted by atomic mass is 10.0. The molecule has 25 heavy (non-hydrogen) atoms. The molecule has 3 rings (SSSR count). The minimum Gasteiger partial charge on any atom is -0.343 e. The van der Waals surface area contributed by atoms with Crippen LogP contribution in [0.15, 0.2) is 54.6 Å². The molecular formula is C21H22N2O2. The number of aromatic nitrogens is 1. The zero-order valence-electron chi connectivity index (χ0n) is 14.8. The third kappa shape index (κ3) is 2.84. The van der Waals surface area contributed by atoms with Gasteiger partial charge in [-0.25, -0.2) is 0 Å². The molecule has 4 nitrogen and oxygen atoms in total. The van der Waals surface area contributed by atoms with E-state index < -0.39 is 11.7 Å². The zero-order chi connectivity index (χ0) is 18.0. The molecule has 0 bridgehead atoms. The van der Waals surface area contributed by atoms with Crippen LogP contribution >= 0.6 is 0 Å². The fourth-order valence-electron chi connectivity index (χ4n) is 3.32. The van der Waals surface area contributed by atoms with Crippen LogP contribution in [0.5, 0.6) is 0 Å². The number of benzene rings is 2. The number of aryl methyl sites for hydroxylation is 1. The number of nitrogens with zero attached hydrogens (tertiary/aromatic N) is 2. The lowest BCUT2D eigenvalue weighted by Gasteiger charge is -2.18. The quantitative estimate of drug-likeness (QED) is 0.525. The lowest BCUT2D eigenvalue weighted by molar-refractivity contribution is -0.126. The smallest absolute Gasteiger partial charge is 0.295 e. The summed E-state index contributed by atoms with van der Waals surface area (Å²) in [5.41, 5.74) is 3.14. The number of hydrogen-bond donors (Lipinski definition) is 0. The van der Waals surface area contributed by atoms with E-state index in [0.717, 1.165) is 22.2 Å². The van der Waals surface area contributed by atoms with Crippen molar-refractivity contribution in [3.8, 4) is 11.3 Å². The van der Waals surface area contributed by atoms with E-state index in [9.17, 15) is 9.59 Å². The molecule has 0 spiro atoms. The summed E-state index contributed by atoms with van der Waals surface area (Å²) in [6.45, 7) is 4.81. The first-order chi connectivity index (χ1) is 12.1. The number of amides is 1. The van der Waals surface area contributed by atoms with Crippen molar-refractivity contribution in [1.82, 2.24) is 9.47 Å². The SMILES string of the molecule is CCN(CC)C(=O)C(=O)c1c(-c2ccccc2)n(C)c2ccccc12. The standard InChI is InChI=1S/C21H22N2O2/c1-4-23(5-2)21(25)20(24)18-16-13-9-10-14-17(16)22(3)19(18)15-11-7-6-8-12-15/h6-14H,4-5H2,1-3H3. The van der Waals surface area contributed by atoms with E-state index >= 15 is 0 Å². The van der Waals surface area contributed by atoms with Gasteiger partial charge in [0.15, 0.2) is 0 Å². The van der Waals surface area contributed by atoms with Crippen molar-refractivity contribution in [3.63, 3.8) is 0 Å². The number of fused-ring (bicyclic) bond motifs is 1. The summed E-state index contributed by atoms with van der Waals surface area (Å²) < 4.78 is 1.99. The molecule has 128 valence electrons. The van der Waals surface area contributed by atoms with Crippen LogP contribution in [-0.2, 0) is 11.8 Å². The number of carbonyl (C=O) groups is 2. The van der Waals surface area contributed by atoms with Crippen molar-refractivity contribution < 1.29 is 9.59 Å². The Hall–Kier alpha value is -2.88. The van der Waals surface area contributed by atoms with Crippen LogP contribution in [0, 0.1) is 0 Å². The summed E-state index contributed by atoms with van der Waals surface area (Å²) >= 11 is 0. The van der Waals surface area contributed by atoms with E-state index in [1.54, 1.807) is 4.90 Å². The summed E-state index contributed by atoms with van der Waals surface area (Å²) in [4.78, 5) is 27.4. The van der Waals surface area contributed by atoms with Gasteiger partial charge in [-0.15, -0.1) is 0 Å². The summed E-state index contributed by atoms with van der Waals surface area (Å²) in [7, 11) is 1.93. The minimum absolute atomic E-state index is 0.445. The Morgan fingerprint density at radius 3 is 2.16 bits per heavy atom. The van der Waals surface area contributed by atoms with E-state index in [0.29, 0.717) is 18.7 Å². The van der Waals surface area contributed by atoms with Crippen LogP contribution in [0.2, 0.25) is 0 Å². The summed E-state index contributed by atoms with van der Waals surface area (Å²) in [5, 5.41) is 0.814. The van der Waals surface area contributed by atoms with Crippen molar-refractivity contribution in [3.05, 3.63) is 60.2 Å². The van der Waals surface area contributed by atoms with Gasteiger partial charge in [0.25, 0.3) is 11.7 Å². The van der Waals surface area contributed by atoms with E-state index in [1.165, 1.54) is 0 Å². The maximum Gasteiger partial charge on any atom is 0.295 e. The Labute approximate surface area is 147 Å². The zero-order valence-corrected chi connectivity index (χ0v) is 14.8. The first-order valence-corrected chi connectivity index (χ1v) is 8.56. The maximum absolute atomic E-state index is 13.1. The topological polar surface area (TPSA) is 42.3 Å². The third-order valence-corrected chi connectivity index (χ3v) is 4.63. The molecule has 0 atom stereocenters. The van der Waals surface area contributed by atoms with E-state index in [1.807, 2.05) is 80.1 Å². The fraction of sp³-hybridized carbons (Fsp3) is 0.238. The third-order valence-electron chi connectivity index (χ3n) is 4.63. The van der Waals surface area contributed by atoms with Gasteiger partial charge in [-0.2, -0.15) is 0 Å². The van der Waals surface area contributed by atoms with Gasteiger partial charge >= 0.3 is 0 Å². The predicted molar refractivity (Wildman–Crippen MR) is 101 cm³/mol. The van der Waals surface area contributed by atoms with Crippen LogP contribution in [0.3, 0.4) is 0 Å². The fourth-order valence-corrected chi connectivity index (χ4v) is 3.32. The summed E-state index contributed by atoms with van der Waals surface area (Å²) in [6, 6.07) is 17.5. The first-order valence-electron chi connectivity index (χ1n) is 8.56. The number of ketones is 1. The number of Topliss-reactive ketones (excluding diaryl/α,β-unsaturated/α-hetero) is 1. The molecular weight excluding hydrogens is 312 g/mol. The molecule has 1 heterocycles. The van der Waals surface area contributed by atoms with Crippen LogP contribution < -0.4 is 0 Å². The van der Waals surface area contributed by atoms with Crippen LogP contribution in [0.1, 0.15) is 24.2 Å². The molecule has 0 radical (unpaired) electrons. The minimum atomic E-state index is -0.446. The molecule has 0 saturated heterocycles. The highest BCUT2D eigenvalue weighted by atomic mass is 16.2. The number of hydrogen-bond acceptors (Lipinski definition) is 2. The van der Waals surface area contributed by atoms with Crippen molar-refractivity contribution in [2.75, 3.05) is 13.1 Å². The Morgan fingerprint density at radius 1 is 0.920 bits per heavy atom. The monoisotopic (exact) mass is 334 g/mol. The average Bonchev–Trinajstić information content (AvgIpc) is 2.95. The highest BCUT2D eigenvalue weighted by Gasteiger charge is 2.28. The molecule has 0 aliphatic rings. The Balaban J connectivity index is 2.26. The van der Waals surface area contributed by atoms with Gasteiger partial charge in [0.2, 0.25) is 0 Å². The largest absolute Gasteiger partial charge is 0.343 e. The lowest BCUT2D eigenvalue weighted by Crippen LogP contribution is -2.36. The van der Waals surface area contributed by atoms with E-state index in [-0.39, 0.29) is 0 Å². The van der Waals surface area contributed by atoms with Crippen LogP contribution in [-0.4, -0.2) is 34.2 Å². The van der Waals surface area contributed by atoms with Gasteiger partial charge in [0, 0.05) is 31.0 Å². The molecule has 1 aromatic heterocycles. The Kier molecular flexibility index (Phi) is 4.70. The number of rotatable bonds is 5. The summed E-state index contributed by atoms with van der Waals surface area (Å²) in [6.07, 6.45) is 0. The predicted octanol–water partition coefficient (Wildman–Crippen LogP) is 3.90. The highest BCUT2D eigenvalue weighted by molar-refractivity contribution is 6.46. The summed E-state index contributed by atoms with van der Waals surface area (Å²) in [5.74, 6) is -0.891. The Morgan fingerprint density at radius 2 is 1.52 bits per heavy atom. The molecule has 2 aromatic carbocycles. The van der Waals surface area contributed by atoms with Crippen molar-refractivity contribution >= 4 is 22.6 Å². The van der Waals surface area contributed by atoms with Crippen LogP contribution in [0.25, 0.3) is 22.2 Å². The molecule has 0 aliphatic carbocycles. The van der Waals surface area contributed by atoms with Gasteiger partial charge in [-0.05, 0) is 25.5 Å². The average molecular weight is 334 g/mol. The van der Waals surface area contributed by atoms with Gasteiger partial charge in [-0.1, -0.05) is 48.5 Å².